The minimum atomic E-state index is -4.44. The average Bonchev–Trinajstić information content (AvgIpc) is 3.14. The van der Waals surface area contributed by atoms with E-state index in [2.05, 4.69) is 15.6 Å². The maximum atomic E-state index is 12.5. The van der Waals surface area contributed by atoms with Gasteiger partial charge in [0.1, 0.15) is 11.6 Å². The normalized spacial score (nSPS) is 11.2. The number of hydrogen-bond acceptors (Lipinski definition) is 4. The van der Waals surface area contributed by atoms with E-state index in [-0.39, 0.29) is 5.56 Å². The largest absolute Gasteiger partial charge is 0.467 e. The second-order valence-electron chi connectivity index (χ2n) is 5.39. The fourth-order valence-corrected chi connectivity index (χ4v) is 2.17. The third-order valence-corrected chi connectivity index (χ3v) is 3.53. The van der Waals surface area contributed by atoms with Gasteiger partial charge >= 0.3 is 6.18 Å². The lowest BCUT2D eigenvalue weighted by Gasteiger charge is -2.09. The van der Waals surface area contributed by atoms with Crippen molar-refractivity contribution in [1.82, 2.24) is 4.98 Å². The Labute approximate surface area is 146 Å². The smallest absolute Gasteiger partial charge is 0.416 e. The van der Waals surface area contributed by atoms with E-state index in [0.29, 0.717) is 12.4 Å². The first-order valence-electron chi connectivity index (χ1n) is 7.63. The zero-order valence-corrected chi connectivity index (χ0v) is 13.4. The number of benzene rings is 1. The molecule has 3 rings (SSSR count). The zero-order valence-electron chi connectivity index (χ0n) is 13.4. The van der Waals surface area contributed by atoms with Gasteiger partial charge in [0.15, 0.2) is 0 Å². The number of nitrogens with zero attached hydrogens (tertiary/aromatic N) is 1. The average molecular weight is 361 g/mol. The van der Waals surface area contributed by atoms with Crippen molar-refractivity contribution < 1.29 is 22.4 Å². The molecule has 0 aliphatic rings. The molecule has 8 heteroatoms. The maximum absolute atomic E-state index is 12.5. The summed E-state index contributed by atoms with van der Waals surface area (Å²) in [6.45, 7) is 0.492. The molecule has 1 aromatic carbocycles. The Bertz CT molecular complexity index is 858. The van der Waals surface area contributed by atoms with E-state index >= 15 is 0 Å². The molecule has 0 saturated carbocycles. The number of furan rings is 1. The molecule has 0 bridgehead atoms. The fraction of sp³-hybridized carbons (Fsp3) is 0.111. The number of amides is 1. The van der Waals surface area contributed by atoms with Crippen LogP contribution in [0, 0.1) is 0 Å². The molecule has 0 radical (unpaired) electrons. The minimum Gasteiger partial charge on any atom is -0.467 e. The molecule has 26 heavy (non-hydrogen) atoms. The van der Waals surface area contributed by atoms with Crippen molar-refractivity contribution in [3.8, 4) is 0 Å². The number of rotatable bonds is 5. The Kier molecular flexibility index (Phi) is 4.92. The highest BCUT2D eigenvalue weighted by atomic mass is 19.4. The highest BCUT2D eigenvalue weighted by molar-refractivity contribution is 6.03. The van der Waals surface area contributed by atoms with Gasteiger partial charge in [-0.2, -0.15) is 13.2 Å². The van der Waals surface area contributed by atoms with Gasteiger partial charge in [0, 0.05) is 5.56 Å². The Morgan fingerprint density at radius 2 is 1.85 bits per heavy atom. The van der Waals surface area contributed by atoms with Crippen LogP contribution >= 0.6 is 0 Å². The number of halogens is 3. The highest BCUT2D eigenvalue weighted by Gasteiger charge is 2.30. The molecule has 0 spiro atoms. The summed E-state index contributed by atoms with van der Waals surface area (Å²) in [5.41, 5.74) is 0.0351. The molecule has 2 heterocycles. The molecule has 0 unspecified atom stereocenters. The summed E-state index contributed by atoms with van der Waals surface area (Å²) in [7, 11) is 0. The van der Waals surface area contributed by atoms with Crippen LogP contribution in [0.5, 0.6) is 0 Å². The van der Waals surface area contributed by atoms with Gasteiger partial charge in [0.2, 0.25) is 0 Å². The third-order valence-electron chi connectivity index (χ3n) is 3.53. The molecule has 0 atom stereocenters. The van der Waals surface area contributed by atoms with E-state index in [9.17, 15) is 18.0 Å². The van der Waals surface area contributed by atoms with E-state index in [1.165, 1.54) is 6.20 Å². The van der Waals surface area contributed by atoms with Crippen molar-refractivity contribution in [2.45, 2.75) is 12.7 Å². The molecular weight excluding hydrogens is 347 g/mol. The molecule has 1 amide bonds. The Morgan fingerprint density at radius 3 is 2.42 bits per heavy atom. The van der Waals surface area contributed by atoms with Gasteiger partial charge in [-0.15, -0.1) is 0 Å². The van der Waals surface area contributed by atoms with Crippen LogP contribution < -0.4 is 10.6 Å². The lowest BCUT2D eigenvalue weighted by molar-refractivity contribution is -0.137. The van der Waals surface area contributed by atoms with Crippen LogP contribution in [0.1, 0.15) is 21.7 Å². The summed E-state index contributed by atoms with van der Waals surface area (Å²) in [5, 5.41) is 5.64. The molecule has 3 aromatic rings. The summed E-state index contributed by atoms with van der Waals surface area (Å²) in [6, 6.07) is 10.9. The molecule has 0 fully saturated rings. The van der Waals surface area contributed by atoms with Crippen molar-refractivity contribution >= 4 is 17.4 Å². The first-order valence-corrected chi connectivity index (χ1v) is 7.63. The molecule has 0 aliphatic heterocycles. The van der Waals surface area contributed by atoms with Crippen LogP contribution in [-0.4, -0.2) is 10.9 Å². The summed E-state index contributed by atoms with van der Waals surface area (Å²) in [6.07, 6.45) is -1.32. The van der Waals surface area contributed by atoms with Crippen molar-refractivity contribution in [3.63, 3.8) is 0 Å². The number of pyridine rings is 1. The summed E-state index contributed by atoms with van der Waals surface area (Å²) >= 11 is 0. The monoisotopic (exact) mass is 361 g/mol. The van der Waals surface area contributed by atoms with Crippen LogP contribution in [0.15, 0.2) is 65.4 Å². The lowest BCUT2D eigenvalue weighted by Crippen LogP contribution is -2.13. The van der Waals surface area contributed by atoms with Crippen molar-refractivity contribution in [3.05, 3.63) is 77.9 Å². The quantitative estimate of drug-likeness (QED) is 0.699. The number of alkyl halides is 3. The molecule has 2 aromatic heterocycles. The van der Waals surface area contributed by atoms with Gasteiger partial charge in [0.25, 0.3) is 5.91 Å². The third kappa shape index (κ3) is 4.41. The summed E-state index contributed by atoms with van der Waals surface area (Å²) < 4.78 is 42.8. The number of aromatic nitrogens is 1. The first-order chi connectivity index (χ1) is 12.4. The molecule has 0 aliphatic carbocycles. The Balaban J connectivity index is 1.58. The number of carbonyl (C=O) groups is 1. The lowest BCUT2D eigenvalue weighted by atomic mass is 10.1. The van der Waals surface area contributed by atoms with Gasteiger partial charge < -0.3 is 15.1 Å². The summed E-state index contributed by atoms with van der Waals surface area (Å²) in [5.74, 6) is 0.519. The van der Waals surface area contributed by atoms with E-state index in [4.69, 9.17) is 4.42 Å². The summed E-state index contributed by atoms with van der Waals surface area (Å²) in [4.78, 5) is 16.2. The zero-order chi connectivity index (χ0) is 18.6. The predicted molar refractivity (Wildman–Crippen MR) is 89.7 cm³/mol. The number of nitrogens with one attached hydrogen (secondary N) is 2. The number of anilines is 2. The second-order valence-corrected chi connectivity index (χ2v) is 5.39. The Morgan fingerprint density at radius 1 is 1.08 bits per heavy atom. The minimum absolute atomic E-state index is 0.111. The number of carbonyl (C=O) groups excluding carboxylic acids is 1. The maximum Gasteiger partial charge on any atom is 0.416 e. The van der Waals surface area contributed by atoms with Crippen LogP contribution in [0.2, 0.25) is 0 Å². The van der Waals surface area contributed by atoms with E-state index in [1.807, 2.05) is 6.07 Å². The fourth-order valence-electron chi connectivity index (χ4n) is 2.17. The first kappa shape index (κ1) is 17.5. The van der Waals surface area contributed by atoms with Gasteiger partial charge in [-0.05, 0) is 48.5 Å². The van der Waals surface area contributed by atoms with Gasteiger partial charge in [0.05, 0.1) is 30.3 Å². The predicted octanol–water partition coefficient (Wildman–Crippen LogP) is 4.56. The second kappa shape index (κ2) is 7.30. The molecule has 2 N–H and O–H groups in total. The van der Waals surface area contributed by atoms with Crippen LogP contribution in [0.3, 0.4) is 0 Å². The molecular formula is C18H14F3N3O2. The van der Waals surface area contributed by atoms with Crippen LogP contribution in [-0.2, 0) is 12.7 Å². The highest BCUT2D eigenvalue weighted by Crippen LogP contribution is 2.29. The SMILES string of the molecule is O=C(Nc1ccc(NCc2ccco2)cn1)c1ccc(C(F)(F)F)cc1. The van der Waals surface area contributed by atoms with Gasteiger partial charge in [-0.25, -0.2) is 4.98 Å². The van der Waals surface area contributed by atoms with Crippen molar-refractivity contribution in [2.24, 2.45) is 0 Å². The molecule has 5 nitrogen and oxygen atoms in total. The van der Waals surface area contributed by atoms with E-state index in [0.717, 1.165) is 35.7 Å². The van der Waals surface area contributed by atoms with Gasteiger partial charge in [-0.3, -0.25) is 4.79 Å². The standard InChI is InChI=1S/C18H14F3N3O2/c19-18(20,21)13-5-3-12(4-6-13)17(25)24-16-8-7-14(10-23-16)22-11-15-2-1-9-26-15/h1-10,22H,11H2,(H,23,24,25). The van der Waals surface area contributed by atoms with E-state index < -0.39 is 17.6 Å². The topological polar surface area (TPSA) is 67.2 Å². The Hall–Kier alpha value is -3.29. The number of hydrogen-bond donors (Lipinski definition) is 2. The molecule has 134 valence electrons. The van der Waals surface area contributed by atoms with Crippen molar-refractivity contribution in [1.29, 1.82) is 0 Å². The van der Waals surface area contributed by atoms with E-state index in [1.54, 1.807) is 24.5 Å². The molecule has 0 saturated heterocycles. The van der Waals surface area contributed by atoms with Crippen LogP contribution in [0.4, 0.5) is 24.7 Å². The van der Waals surface area contributed by atoms with Gasteiger partial charge in [-0.1, -0.05) is 0 Å². The van der Waals surface area contributed by atoms with Crippen LogP contribution in [0.25, 0.3) is 0 Å². The van der Waals surface area contributed by atoms with Crippen molar-refractivity contribution in [2.75, 3.05) is 10.6 Å².